The summed E-state index contributed by atoms with van der Waals surface area (Å²) in [6.07, 6.45) is 0.751. The highest BCUT2D eigenvalue weighted by atomic mass is 32.2. The molecule has 0 spiro atoms. The Kier molecular flexibility index (Phi) is 8.67. The van der Waals surface area contributed by atoms with Crippen molar-refractivity contribution in [2.45, 2.75) is 57.4 Å². The van der Waals surface area contributed by atoms with Gasteiger partial charge in [-0.05, 0) is 57.4 Å². The summed E-state index contributed by atoms with van der Waals surface area (Å²) in [5, 5.41) is 0. The number of esters is 2. The normalized spacial score (nSPS) is 17.9. The predicted molar refractivity (Wildman–Crippen MR) is 131 cm³/mol. The molecule has 3 rings (SSSR count). The number of nitrogens with zero attached hydrogens (tertiary/aromatic N) is 1. The van der Waals surface area contributed by atoms with E-state index in [0.717, 1.165) is 5.56 Å². The van der Waals surface area contributed by atoms with Crippen molar-refractivity contribution in [3.05, 3.63) is 59.7 Å². The highest BCUT2D eigenvalue weighted by molar-refractivity contribution is 7.92. The molecule has 0 fully saturated rings. The van der Waals surface area contributed by atoms with Crippen LogP contribution in [0.5, 0.6) is 0 Å². The molecule has 2 aromatic carbocycles. The van der Waals surface area contributed by atoms with E-state index < -0.39 is 33.7 Å². The maximum atomic E-state index is 13.7. The van der Waals surface area contributed by atoms with Crippen LogP contribution in [-0.2, 0) is 29.1 Å². The summed E-state index contributed by atoms with van der Waals surface area (Å²) in [5.74, 6) is -2.73. The van der Waals surface area contributed by atoms with Crippen molar-refractivity contribution < 1.29 is 32.3 Å². The maximum absolute atomic E-state index is 13.7. The van der Waals surface area contributed by atoms with Crippen molar-refractivity contribution in [1.82, 2.24) is 0 Å². The van der Waals surface area contributed by atoms with Crippen molar-refractivity contribution in [3.63, 3.8) is 0 Å². The van der Waals surface area contributed by atoms with Gasteiger partial charge in [-0.3, -0.25) is 18.7 Å². The molecule has 0 aromatic heterocycles. The Balaban J connectivity index is 1.90. The average Bonchev–Trinajstić information content (AvgIpc) is 2.97. The molecule has 0 aliphatic carbocycles. The molecule has 1 heterocycles. The van der Waals surface area contributed by atoms with Crippen LogP contribution < -0.4 is 4.31 Å². The van der Waals surface area contributed by atoms with Crippen molar-refractivity contribution >= 4 is 33.4 Å². The Morgan fingerprint density at radius 3 is 2.37 bits per heavy atom. The summed E-state index contributed by atoms with van der Waals surface area (Å²) < 4.78 is 39.0. The second-order valence-corrected chi connectivity index (χ2v) is 10.2. The molecule has 0 radical (unpaired) electrons. The Hall–Kier alpha value is -3.20. The molecule has 35 heavy (non-hydrogen) atoms. The quantitative estimate of drug-likeness (QED) is 0.290. The second kappa shape index (κ2) is 11.5. The van der Waals surface area contributed by atoms with Crippen LogP contribution in [0.15, 0.2) is 53.4 Å². The van der Waals surface area contributed by atoms with E-state index in [1.165, 1.54) is 10.4 Å². The minimum Gasteiger partial charge on any atom is -0.466 e. The molecule has 0 N–H and O–H groups in total. The van der Waals surface area contributed by atoms with Gasteiger partial charge in [-0.1, -0.05) is 36.8 Å². The van der Waals surface area contributed by atoms with E-state index in [-0.39, 0.29) is 54.6 Å². The molecular formula is C26H31NO7S. The van der Waals surface area contributed by atoms with Crippen molar-refractivity contribution in [2.75, 3.05) is 17.5 Å². The monoisotopic (exact) mass is 501 g/mol. The number of fused-ring (bicyclic) bond motifs is 1. The van der Waals surface area contributed by atoms with E-state index in [1.807, 2.05) is 13.8 Å². The number of carbonyl (C=O) groups excluding carboxylic acids is 3. The van der Waals surface area contributed by atoms with E-state index in [1.54, 1.807) is 49.4 Å². The van der Waals surface area contributed by atoms with Crippen LogP contribution >= 0.6 is 0 Å². The van der Waals surface area contributed by atoms with Gasteiger partial charge in [0.1, 0.15) is 5.92 Å². The molecule has 2 unspecified atom stereocenters. The summed E-state index contributed by atoms with van der Waals surface area (Å²) in [6, 6.07) is 12.3. The first-order valence-electron chi connectivity index (χ1n) is 11.8. The number of aryl methyl sites for hydroxylation is 1. The van der Waals surface area contributed by atoms with E-state index in [4.69, 9.17) is 9.47 Å². The molecule has 8 nitrogen and oxygen atoms in total. The van der Waals surface area contributed by atoms with Crippen LogP contribution in [0.1, 0.15) is 55.5 Å². The lowest BCUT2D eigenvalue weighted by Crippen LogP contribution is -2.41. The average molecular weight is 502 g/mol. The summed E-state index contributed by atoms with van der Waals surface area (Å²) in [5.41, 5.74) is 1.34. The van der Waals surface area contributed by atoms with E-state index >= 15 is 0 Å². The van der Waals surface area contributed by atoms with Crippen LogP contribution in [0.2, 0.25) is 0 Å². The van der Waals surface area contributed by atoms with Gasteiger partial charge in [0.25, 0.3) is 10.0 Å². The lowest BCUT2D eigenvalue weighted by atomic mass is 9.92. The minimum absolute atomic E-state index is 0.00812. The number of benzene rings is 2. The van der Waals surface area contributed by atoms with Crippen molar-refractivity contribution in [1.29, 1.82) is 0 Å². The van der Waals surface area contributed by atoms with Crippen LogP contribution in [-0.4, -0.2) is 45.4 Å². The first-order valence-corrected chi connectivity index (χ1v) is 13.2. The lowest BCUT2D eigenvalue weighted by molar-refractivity contribution is -0.149. The Labute approximate surface area is 206 Å². The van der Waals surface area contributed by atoms with Gasteiger partial charge in [-0.25, -0.2) is 8.42 Å². The van der Waals surface area contributed by atoms with Crippen molar-refractivity contribution in [3.8, 4) is 0 Å². The van der Waals surface area contributed by atoms with Crippen LogP contribution in [0.4, 0.5) is 5.69 Å². The molecule has 9 heteroatoms. The third-order valence-corrected chi connectivity index (χ3v) is 7.85. The Bertz CT molecular complexity index is 1170. The zero-order valence-electron chi connectivity index (χ0n) is 20.2. The standard InChI is InChI=1S/C26H31NO7S/c1-4-19-17-22(26(30)34-16-8-11-24(28)33-5-2)25(29)21-9-6-7-10-23(21)27(19)35(31,32)20-14-12-18(3)13-15-20/h6-7,9-10,12-15,19,22H,4-5,8,11,16-17H2,1-3H3. The number of rotatable bonds is 9. The van der Waals surface area contributed by atoms with Gasteiger partial charge in [0.15, 0.2) is 5.78 Å². The third-order valence-electron chi connectivity index (χ3n) is 5.97. The number of Topliss-reactive ketones (excluding diaryl/α,β-unsaturated/α-hetero) is 1. The number of hydrogen-bond donors (Lipinski definition) is 0. The fourth-order valence-electron chi connectivity index (χ4n) is 4.14. The Morgan fingerprint density at radius 2 is 1.71 bits per heavy atom. The zero-order chi connectivity index (χ0) is 25.6. The number of para-hydroxylation sites is 1. The fourth-order valence-corrected chi connectivity index (χ4v) is 5.89. The largest absolute Gasteiger partial charge is 0.466 e. The number of carbonyl (C=O) groups is 3. The van der Waals surface area contributed by atoms with Crippen molar-refractivity contribution in [2.24, 2.45) is 5.92 Å². The molecule has 0 saturated heterocycles. The van der Waals surface area contributed by atoms with E-state index in [2.05, 4.69) is 0 Å². The van der Waals surface area contributed by atoms with Crippen LogP contribution in [0, 0.1) is 12.8 Å². The SMILES string of the molecule is CCOC(=O)CCCOC(=O)C1CC(CC)N(S(=O)(=O)c2ccc(C)cc2)c2ccccc2C1=O. The van der Waals surface area contributed by atoms with Gasteiger partial charge in [-0.15, -0.1) is 0 Å². The zero-order valence-corrected chi connectivity index (χ0v) is 21.0. The first-order chi connectivity index (χ1) is 16.7. The topological polar surface area (TPSA) is 107 Å². The second-order valence-electron chi connectivity index (χ2n) is 8.42. The van der Waals surface area contributed by atoms with Gasteiger partial charge in [-0.2, -0.15) is 0 Å². The first kappa shape index (κ1) is 26.4. The molecule has 1 aliphatic heterocycles. The van der Waals surface area contributed by atoms with Gasteiger partial charge in [0.05, 0.1) is 23.8 Å². The molecule has 2 atom stereocenters. The molecule has 1 aliphatic rings. The smallest absolute Gasteiger partial charge is 0.316 e. The van der Waals surface area contributed by atoms with E-state index in [9.17, 15) is 22.8 Å². The highest BCUT2D eigenvalue weighted by Crippen LogP contribution is 2.37. The maximum Gasteiger partial charge on any atom is 0.316 e. The molecule has 188 valence electrons. The predicted octanol–water partition coefficient (Wildman–Crippen LogP) is 4.06. The van der Waals surface area contributed by atoms with Gasteiger partial charge in [0.2, 0.25) is 0 Å². The van der Waals surface area contributed by atoms with E-state index in [0.29, 0.717) is 6.42 Å². The molecule has 0 saturated carbocycles. The molecule has 0 amide bonds. The summed E-state index contributed by atoms with van der Waals surface area (Å²) in [4.78, 5) is 38.0. The van der Waals surface area contributed by atoms with Gasteiger partial charge >= 0.3 is 11.9 Å². The number of ketones is 1. The number of sulfonamides is 1. The number of ether oxygens (including phenoxy) is 2. The summed E-state index contributed by atoms with van der Waals surface area (Å²) in [7, 11) is -4.01. The lowest BCUT2D eigenvalue weighted by Gasteiger charge is -2.32. The molecule has 0 bridgehead atoms. The van der Waals surface area contributed by atoms with Gasteiger partial charge in [0, 0.05) is 18.0 Å². The number of anilines is 1. The van der Waals surface area contributed by atoms with Gasteiger partial charge < -0.3 is 9.47 Å². The summed E-state index contributed by atoms with van der Waals surface area (Å²) >= 11 is 0. The molecular weight excluding hydrogens is 470 g/mol. The number of hydrogen-bond acceptors (Lipinski definition) is 7. The fraction of sp³-hybridized carbons (Fsp3) is 0.423. The summed E-state index contributed by atoms with van der Waals surface area (Å²) in [6.45, 7) is 5.64. The minimum atomic E-state index is -4.01. The van der Waals surface area contributed by atoms with Crippen LogP contribution in [0.3, 0.4) is 0 Å². The Morgan fingerprint density at radius 1 is 1.03 bits per heavy atom. The highest BCUT2D eigenvalue weighted by Gasteiger charge is 2.42. The third kappa shape index (κ3) is 5.90. The molecule has 2 aromatic rings. The van der Waals surface area contributed by atoms with Crippen LogP contribution in [0.25, 0.3) is 0 Å².